The van der Waals surface area contributed by atoms with Gasteiger partial charge in [-0.05, 0) is 19.8 Å². The largest absolute Gasteiger partial charge is 0.463 e. The molecule has 0 radical (unpaired) electrons. The summed E-state index contributed by atoms with van der Waals surface area (Å²) in [4.78, 5) is 20.7. The third-order valence-corrected chi connectivity index (χ3v) is 1.51. The number of unbranched alkanes of at least 4 members (excludes halogenated alkanes) is 2. The Labute approximate surface area is 82.9 Å². The fraction of sp³-hybridized carbons (Fsp3) is 0.667. The number of carbonyl (C=O) groups is 1. The summed E-state index contributed by atoms with van der Waals surface area (Å²) in [6, 6.07) is 0. The van der Waals surface area contributed by atoms with Crippen LogP contribution in [0.1, 0.15) is 26.2 Å². The van der Waals surface area contributed by atoms with E-state index in [1.54, 1.807) is 13.0 Å². The third-order valence-electron chi connectivity index (χ3n) is 1.51. The van der Waals surface area contributed by atoms with E-state index >= 15 is 0 Å². The maximum absolute atomic E-state index is 10.8. The summed E-state index contributed by atoms with van der Waals surface area (Å²) < 4.78 is 4.66. The van der Waals surface area contributed by atoms with Gasteiger partial charge in [-0.3, -0.25) is 0 Å². The van der Waals surface area contributed by atoms with Crippen molar-refractivity contribution in [3.05, 3.63) is 17.1 Å². The van der Waals surface area contributed by atoms with Crippen LogP contribution < -0.4 is 0 Å². The zero-order chi connectivity index (χ0) is 10.8. The van der Waals surface area contributed by atoms with Gasteiger partial charge in [-0.2, -0.15) is 0 Å². The van der Waals surface area contributed by atoms with Gasteiger partial charge >= 0.3 is 5.97 Å². The van der Waals surface area contributed by atoms with Crippen LogP contribution in [0.15, 0.2) is 12.2 Å². The summed E-state index contributed by atoms with van der Waals surface area (Å²) in [6.45, 7) is 2.22. The molecule has 14 heavy (non-hydrogen) atoms. The van der Waals surface area contributed by atoms with Crippen molar-refractivity contribution < 1.29 is 19.7 Å². The minimum atomic E-state index is -0.347. The average molecular weight is 202 g/mol. The minimum Gasteiger partial charge on any atom is -0.463 e. The van der Waals surface area contributed by atoms with Gasteiger partial charge in [-0.15, -0.1) is 0 Å². The molecule has 0 fully saturated rings. The molecule has 0 aromatic carbocycles. The quantitative estimate of drug-likeness (QED) is 0.293. The lowest BCUT2D eigenvalue weighted by Gasteiger charge is -1.94. The van der Waals surface area contributed by atoms with Crippen molar-refractivity contribution in [3.63, 3.8) is 0 Å². The van der Waals surface area contributed by atoms with Crippen molar-refractivity contribution >= 4 is 5.97 Å². The third kappa shape index (κ3) is 8.70. The number of hydrogen-bond donors (Lipinski definition) is 1. The highest BCUT2D eigenvalue weighted by Crippen LogP contribution is 1.96. The van der Waals surface area contributed by atoms with E-state index < -0.39 is 0 Å². The van der Waals surface area contributed by atoms with Crippen LogP contribution in [0.4, 0.5) is 0 Å². The highest BCUT2D eigenvalue weighted by molar-refractivity contribution is 5.81. The number of rotatable bonds is 7. The number of carbonyl (C=O) groups excluding carboxylic acids is 1. The lowest BCUT2D eigenvalue weighted by Crippen LogP contribution is -2.02. The van der Waals surface area contributed by atoms with E-state index in [0.29, 0.717) is 19.4 Å². The van der Waals surface area contributed by atoms with Crippen molar-refractivity contribution in [2.75, 3.05) is 13.2 Å². The van der Waals surface area contributed by atoms with Crippen LogP contribution in [0, 0.1) is 4.91 Å². The molecule has 0 aliphatic carbocycles. The van der Waals surface area contributed by atoms with Crippen LogP contribution in [0.3, 0.4) is 0 Å². The zero-order valence-corrected chi connectivity index (χ0v) is 8.31. The fourth-order valence-corrected chi connectivity index (χ4v) is 0.879. The topological polar surface area (TPSA) is 66.6 Å². The molecule has 0 aliphatic heterocycles. The summed E-state index contributed by atoms with van der Waals surface area (Å²) in [5, 5.41) is 8.25. The van der Waals surface area contributed by atoms with Crippen LogP contribution in [-0.4, -0.2) is 29.3 Å². The Balaban J connectivity index is 3.35. The first-order valence-electron chi connectivity index (χ1n) is 4.63. The van der Waals surface area contributed by atoms with Crippen LogP contribution in [-0.2, 0) is 9.53 Å². The summed E-state index contributed by atoms with van der Waals surface area (Å²) in [5.74, 6) is -0.347. The molecule has 80 valence electrons. The van der Waals surface area contributed by atoms with Crippen LogP contribution in [0.2, 0.25) is 0 Å². The van der Waals surface area contributed by atoms with E-state index in [-0.39, 0.29) is 17.4 Å². The second kappa shape index (κ2) is 8.22. The maximum atomic E-state index is 10.8. The van der Waals surface area contributed by atoms with Gasteiger partial charge in [0.2, 0.25) is 11.5 Å². The first-order valence-corrected chi connectivity index (χ1v) is 4.63. The Morgan fingerprint density at radius 1 is 1.50 bits per heavy atom. The van der Waals surface area contributed by atoms with Gasteiger partial charge in [0.05, 0.1) is 11.5 Å². The molecular weight excluding hydrogens is 186 g/mol. The first-order chi connectivity index (χ1) is 6.66. The second-order valence-corrected chi connectivity index (χ2v) is 2.73. The molecule has 0 saturated carbocycles. The van der Waals surface area contributed by atoms with Gasteiger partial charge < -0.3 is 4.74 Å². The van der Waals surface area contributed by atoms with E-state index in [9.17, 15) is 9.70 Å². The molecule has 0 unspecified atom stereocenters. The van der Waals surface area contributed by atoms with Crippen molar-refractivity contribution in [2.24, 2.45) is 0 Å². The maximum Gasteiger partial charge on any atom is 0.330 e. The number of hydrogen-bond acceptors (Lipinski definition) is 3. The molecule has 0 saturated heterocycles. The van der Waals surface area contributed by atoms with Gasteiger partial charge in [0.1, 0.15) is 0 Å². The molecular formula is C9H16NO4+. The number of esters is 1. The molecule has 0 heterocycles. The van der Waals surface area contributed by atoms with E-state index in [0.717, 1.165) is 6.42 Å². The molecule has 0 aliphatic rings. The summed E-state index contributed by atoms with van der Waals surface area (Å²) in [6.07, 6.45) is 5.14. The molecule has 0 rings (SSSR count). The van der Waals surface area contributed by atoms with E-state index in [4.69, 9.17) is 5.21 Å². The van der Waals surface area contributed by atoms with Gasteiger partial charge in [0.15, 0.2) is 0 Å². The summed E-state index contributed by atoms with van der Waals surface area (Å²) >= 11 is 0. The lowest BCUT2D eigenvalue weighted by atomic mass is 10.2. The smallest absolute Gasteiger partial charge is 0.330 e. The molecule has 5 heteroatoms. The van der Waals surface area contributed by atoms with Crippen LogP contribution >= 0.6 is 0 Å². The SMILES string of the molecule is CCOC(=O)/C=C/CCCC[N+](=O)O. The molecule has 0 spiro atoms. The minimum absolute atomic E-state index is 0.0882. The normalized spacial score (nSPS) is 10.4. The average Bonchev–Trinajstić information content (AvgIpc) is 2.11. The van der Waals surface area contributed by atoms with Crippen molar-refractivity contribution in [3.8, 4) is 0 Å². The van der Waals surface area contributed by atoms with Crippen LogP contribution in [0.25, 0.3) is 0 Å². The summed E-state index contributed by atoms with van der Waals surface area (Å²) in [5.41, 5.74) is 0. The van der Waals surface area contributed by atoms with Crippen molar-refractivity contribution in [2.45, 2.75) is 26.2 Å². The predicted octanol–water partition coefficient (Wildman–Crippen LogP) is 1.44. The van der Waals surface area contributed by atoms with Gasteiger partial charge in [0.25, 0.3) is 0 Å². The summed E-state index contributed by atoms with van der Waals surface area (Å²) in [7, 11) is 0. The number of allylic oxidation sites excluding steroid dienone is 1. The molecule has 0 atom stereocenters. The van der Waals surface area contributed by atoms with Gasteiger partial charge in [0, 0.05) is 12.5 Å². The Morgan fingerprint density at radius 2 is 2.21 bits per heavy atom. The molecule has 0 bridgehead atoms. The molecule has 5 nitrogen and oxygen atoms in total. The monoisotopic (exact) mass is 202 g/mol. The van der Waals surface area contributed by atoms with E-state index in [2.05, 4.69) is 4.74 Å². The predicted molar refractivity (Wildman–Crippen MR) is 49.9 cm³/mol. The zero-order valence-electron chi connectivity index (χ0n) is 8.31. The van der Waals surface area contributed by atoms with Gasteiger partial charge in [-0.1, -0.05) is 6.08 Å². The molecule has 0 aromatic rings. The second-order valence-electron chi connectivity index (χ2n) is 2.73. The van der Waals surface area contributed by atoms with Crippen molar-refractivity contribution in [1.82, 2.24) is 0 Å². The first kappa shape index (κ1) is 12.6. The standard InChI is InChI=1S/C9H16NO4/c1-2-14-9(11)7-5-3-4-6-8-10(12)13/h5,7H,2-4,6,8H2,1H3,(H,12,13)/q+1/b7-5+. The highest BCUT2D eigenvalue weighted by Gasteiger charge is 2.00. The van der Waals surface area contributed by atoms with Gasteiger partial charge in [-0.25, -0.2) is 10.0 Å². The Morgan fingerprint density at radius 3 is 2.79 bits per heavy atom. The Bertz CT molecular complexity index is 213. The lowest BCUT2D eigenvalue weighted by molar-refractivity contribution is -0.791. The van der Waals surface area contributed by atoms with Crippen LogP contribution in [0.5, 0.6) is 0 Å². The highest BCUT2D eigenvalue weighted by atomic mass is 16.6. The number of ether oxygens (including phenoxy) is 1. The Kier molecular flexibility index (Phi) is 7.40. The molecule has 0 amide bonds. The van der Waals surface area contributed by atoms with E-state index in [1.807, 2.05) is 0 Å². The fourth-order valence-electron chi connectivity index (χ4n) is 0.879. The number of nitrogens with zero attached hydrogens (tertiary/aromatic N) is 1. The van der Waals surface area contributed by atoms with E-state index in [1.165, 1.54) is 6.08 Å². The molecule has 1 N–H and O–H groups in total. The Hall–Kier alpha value is -1.39. The van der Waals surface area contributed by atoms with Crippen molar-refractivity contribution in [1.29, 1.82) is 0 Å². The molecule has 0 aromatic heterocycles.